The Morgan fingerprint density at radius 3 is 2.44 bits per heavy atom. The molecule has 0 saturated carbocycles. The molecule has 164 valence electrons. The highest BCUT2D eigenvalue weighted by Crippen LogP contribution is 2.31. The fourth-order valence-corrected chi connectivity index (χ4v) is 3.34. The lowest BCUT2D eigenvalue weighted by molar-refractivity contribution is -0.137. The molecule has 2 aromatic carbocycles. The van der Waals surface area contributed by atoms with Crippen LogP contribution in [0.2, 0.25) is 0 Å². The second kappa shape index (κ2) is 8.35. The molecule has 0 aliphatic rings. The van der Waals surface area contributed by atoms with Crippen molar-refractivity contribution in [2.75, 3.05) is 0 Å². The minimum Gasteiger partial charge on any atom is -0.439 e. The van der Waals surface area contributed by atoms with Gasteiger partial charge < -0.3 is 20.1 Å². The number of aromatic nitrogens is 2. The lowest BCUT2D eigenvalue weighted by Gasteiger charge is -2.09. The first kappa shape index (κ1) is 21.4. The number of pyridine rings is 1. The molecule has 0 fully saturated rings. The summed E-state index contributed by atoms with van der Waals surface area (Å²) in [6.07, 6.45) is -3.12. The lowest BCUT2D eigenvalue weighted by Crippen LogP contribution is -2.29. The molecular formula is C23H18F3N3O3. The van der Waals surface area contributed by atoms with Gasteiger partial charge in [0.2, 0.25) is 11.8 Å². The lowest BCUT2D eigenvalue weighted by atomic mass is 10.1. The molecule has 0 aliphatic carbocycles. The van der Waals surface area contributed by atoms with E-state index in [4.69, 9.17) is 10.5 Å². The van der Waals surface area contributed by atoms with Crippen LogP contribution in [-0.4, -0.2) is 26.7 Å². The number of carbonyl (C=O) groups is 1. The quantitative estimate of drug-likeness (QED) is 0.469. The van der Waals surface area contributed by atoms with Crippen LogP contribution in [0, 0.1) is 0 Å². The van der Waals surface area contributed by atoms with Crippen molar-refractivity contribution in [1.29, 1.82) is 0 Å². The van der Waals surface area contributed by atoms with Crippen LogP contribution in [0.4, 0.5) is 13.2 Å². The van der Waals surface area contributed by atoms with E-state index in [9.17, 15) is 23.1 Å². The number of benzene rings is 2. The number of hydrogen-bond acceptors (Lipinski definition) is 4. The van der Waals surface area contributed by atoms with E-state index in [1.54, 1.807) is 24.3 Å². The van der Waals surface area contributed by atoms with E-state index in [-0.39, 0.29) is 12.3 Å². The number of nitrogens with zero attached hydrogens (tertiary/aromatic N) is 2. The summed E-state index contributed by atoms with van der Waals surface area (Å²) >= 11 is 0. The van der Waals surface area contributed by atoms with E-state index in [0.717, 1.165) is 40.5 Å². The van der Waals surface area contributed by atoms with Crippen LogP contribution in [-0.2, 0) is 17.4 Å². The van der Waals surface area contributed by atoms with Crippen LogP contribution in [0.15, 0.2) is 73.1 Å². The van der Waals surface area contributed by atoms with Crippen molar-refractivity contribution in [2.24, 2.45) is 5.73 Å². The number of hydrogen-bond donors (Lipinski definition) is 2. The highest BCUT2D eigenvalue weighted by atomic mass is 19.4. The van der Waals surface area contributed by atoms with Gasteiger partial charge in [-0.2, -0.15) is 13.2 Å². The summed E-state index contributed by atoms with van der Waals surface area (Å²) in [5.41, 5.74) is 6.76. The van der Waals surface area contributed by atoms with Crippen LogP contribution in [0.3, 0.4) is 0 Å². The third-order valence-electron chi connectivity index (χ3n) is 4.94. The van der Waals surface area contributed by atoms with E-state index in [1.807, 2.05) is 35.0 Å². The van der Waals surface area contributed by atoms with Crippen molar-refractivity contribution in [3.63, 3.8) is 0 Å². The molecule has 2 aromatic heterocycles. The Morgan fingerprint density at radius 1 is 1.09 bits per heavy atom. The SMILES string of the molecule is NC(=O)C(O)Cc1cn(-c2ccc(Oc3ccc(C(F)(F)F)cn3)cc2)c2ccccc12. The zero-order chi connectivity index (χ0) is 22.9. The van der Waals surface area contributed by atoms with Gasteiger partial charge in [0.1, 0.15) is 11.9 Å². The Balaban J connectivity index is 1.58. The summed E-state index contributed by atoms with van der Waals surface area (Å²) in [4.78, 5) is 15.0. The van der Waals surface area contributed by atoms with Gasteiger partial charge in [-0.05, 0) is 42.0 Å². The third-order valence-corrected chi connectivity index (χ3v) is 4.94. The summed E-state index contributed by atoms with van der Waals surface area (Å²) < 4.78 is 45.4. The van der Waals surface area contributed by atoms with Gasteiger partial charge in [0.25, 0.3) is 0 Å². The van der Waals surface area contributed by atoms with Gasteiger partial charge >= 0.3 is 6.18 Å². The second-order valence-electron chi connectivity index (χ2n) is 7.14. The Morgan fingerprint density at radius 2 is 1.81 bits per heavy atom. The van der Waals surface area contributed by atoms with Gasteiger partial charge in [0, 0.05) is 36.0 Å². The van der Waals surface area contributed by atoms with E-state index < -0.39 is 23.8 Å². The van der Waals surface area contributed by atoms with Gasteiger partial charge in [-0.25, -0.2) is 4.98 Å². The number of halogens is 3. The number of aliphatic hydroxyl groups is 1. The molecule has 0 saturated heterocycles. The van der Waals surface area contributed by atoms with Gasteiger partial charge in [-0.1, -0.05) is 18.2 Å². The first-order valence-corrected chi connectivity index (χ1v) is 9.60. The smallest absolute Gasteiger partial charge is 0.417 e. The molecule has 9 heteroatoms. The normalized spacial score (nSPS) is 12.6. The number of para-hydroxylation sites is 1. The van der Waals surface area contributed by atoms with Crippen LogP contribution in [0.5, 0.6) is 11.6 Å². The topological polar surface area (TPSA) is 90.4 Å². The van der Waals surface area contributed by atoms with Crippen LogP contribution in [0.1, 0.15) is 11.1 Å². The molecule has 3 N–H and O–H groups in total. The van der Waals surface area contributed by atoms with Crippen molar-refractivity contribution in [1.82, 2.24) is 9.55 Å². The highest BCUT2D eigenvalue weighted by molar-refractivity contribution is 5.87. The molecule has 32 heavy (non-hydrogen) atoms. The number of fused-ring (bicyclic) bond motifs is 1. The zero-order valence-corrected chi connectivity index (χ0v) is 16.6. The first-order chi connectivity index (χ1) is 15.2. The molecule has 0 spiro atoms. The molecule has 6 nitrogen and oxygen atoms in total. The molecular weight excluding hydrogens is 423 g/mol. The first-order valence-electron chi connectivity index (χ1n) is 9.60. The van der Waals surface area contributed by atoms with E-state index in [2.05, 4.69) is 4.98 Å². The Labute approximate surface area is 180 Å². The summed E-state index contributed by atoms with van der Waals surface area (Å²) in [7, 11) is 0. The minimum atomic E-state index is -4.46. The Bertz CT molecular complexity index is 1250. The number of carbonyl (C=O) groups excluding carboxylic acids is 1. The summed E-state index contributed by atoms with van der Waals surface area (Å²) in [5.74, 6) is -0.345. The standard InChI is InChI=1S/C23H18F3N3O3/c24-23(25,26)15-5-10-21(28-12-15)32-17-8-6-16(7-9-17)29-13-14(11-20(30)22(27)31)18-3-1-2-4-19(18)29/h1-10,12-13,20,30H,11H2,(H2,27,31). The number of aliphatic hydroxyl groups excluding tert-OH is 1. The molecule has 4 rings (SSSR count). The number of ether oxygens (including phenoxy) is 1. The molecule has 1 atom stereocenters. The fraction of sp³-hybridized carbons (Fsp3) is 0.130. The maximum Gasteiger partial charge on any atom is 0.417 e. The molecule has 0 bridgehead atoms. The largest absolute Gasteiger partial charge is 0.439 e. The summed E-state index contributed by atoms with van der Waals surface area (Å²) in [5, 5.41) is 10.8. The van der Waals surface area contributed by atoms with E-state index in [0.29, 0.717) is 5.75 Å². The number of alkyl halides is 3. The van der Waals surface area contributed by atoms with Crippen molar-refractivity contribution in [2.45, 2.75) is 18.7 Å². The van der Waals surface area contributed by atoms with E-state index >= 15 is 0 Å². The zero-order valence-electron chi connectivity index (χ0n) is 16.6. The Hall–Kier alpha value is -3.85. The number of amides is 1. The molecule has 4 aromatic rings. The number of primary amides is 1. The van der Waals surface area contributed by atoms with Gasteiger partial charge in [0.15, 0.2) is 0 Å². The molecule has 0 radical (unpaired) electrons. The van der Waals surface area contributed by atoms with Gasteiger partial charge in [-0.15, -0.1) is 0 Å². The summed E-state index contributed by atoms with van der Waals surface area (Å²) in [6.45, 7) is 0. The number of nitrogens with two attached hydrogens (primary N) is 1. The monoisotopic (exact) mass is 441 g/mol. The van der Waals surface area contributed by atoms with Crippen LogP contribution >= 0.6 is 0 Å². The molecule has 1 amide bonds. The maximum absolute atomic E-state index is 12.7. The van der Waals surface area contributed by atoms with E-state index in [1.165, 1.54) is 0 Å². The second-order valence-corrected chi connectivity index (χ2v) is 7.14. The van der Waals surface area contributed by atoms with Crippen molar-refractivity contribution >= 4 is 16.8 Å². The van der Waals surface area contributed by atoms with Crippen LogP contribution in [0.25, 0.3) is 16.6 Å². The fourth-order valence-electron chi connectivity index (χ4n) is 3.34. The highest BCUT2D eigenvalue weighted by Gasteiger charge is 2.30. The molecule has 0 aliphatic heterocycles. The average Bonchev–Trinajstić information content (AvgIpc) is 3.12. The molecule has 2 heterocycles. The minimum absolute atomic E-state index is 0.0416. The third kappa shape index (κ3) is 4.42. The maximum atomic E-state index is 12.7. The predicted molar refractivity (Wildman–Crippen MR) is 111 cm³/mol. The number of rotatable bonds is 6. The summed E-state index contributed by atoms with van der Waals surface area (Å²) in [6, 6.07) is 16.5. The Kier molecular flexibility index (Phi) is 5.58. The van der Waals surface area contributed by atoms with Crippen LogP contribution < -0.4 is 10.5 Å². The molecule has 1 unspecified atom stereocenters. The van der Waals surface area contributed by atoms with Gasteiger partial charge in [0.05, 0.1) is 11.1 Å². The predicted octanol–water partition coefficient (Wildman–Crippen LogP) is 4.23. The van der Waals surface area contributed by atoms with Crippen molar-refractivity contribution < 1.29 is 27.8 Å². The van der Waals surface area contributed by atoms with Gasteiger partial charge in [-0.3, -0.25) is 4.79 Å². The van der Waals surface area contributed by atoms with Crippen molar-refractivity contribution in [3.8, 4) is 17.3 Å². The average molecular weight is 441 g/mol. The van der Waals surface area contributed by atoms with Crippen molar-refractivity contribution in [3.05, 3.63) is 84.2 Å².